The molecule has 1 aromatic carbocycles. The van der Waals surface area contributed by atoms with Crippen LogP contribution in [0.4, 0.5) is 17.2 Å². The van der Waals surface area contributed by atoms with Crippen molar-refractivity contribution in [1.29, 1.82) is 0 Å². The monoisotopic (exact) mass is 256 g/mol. The quantitative estimate of drug-likeness (QED) is 0.738. The molecule has 3 rings (SSSR count). The van der Waals surface area contributed by atoms with E-state index in [-0.39, 0.29) is 0 Å². The van der Waals surface area contributed by atoms with Crippen LogP contribution in [0.3, 0.4) is 0 Å². The lowest BCUT2D eigenvalue weighted by atomic mass is 10.3. The van der Waals surface area contributed by atoms with Gasteiger partial charge in [0, 0.05) is 11.4 Å². The predicted octanol–water partition coefficient (Wildman–Crippen LogP) is 3.33. The van der Waals surface area contributed by atoms with Gasteiger partial charge in [0.05, 0.1) is 21.4 Å². The molecule has 2 aromatic heterocycles. The number of anilines is 3. The Morgan fingerprint density at radius 3 is 3.00 bits per heavy atom. The van der Waals surface area contributed by atoms with Crippen LogP contribution in [0.15, 0.2) is 35.8 Å². The number of aromatic nitrogens is 2. The molecule has 0 saturated heterocycles. The van der Waals surface area contributed by atoms with E-state index in [0.29, 0.717) is 11.5 Å². The molecular weight excluding hydrogens is 244 g/mol. The van der Waals surface area contributed by atoms with Crippen LogP contribution in [0.2, 0.25) is 0 Å². The molecular formula is C13H12N4S. The van der Waals surface area contributed by atoms with Crippen molar-refractivity contribution in [1.82, 2.24) is 9.97 Å². The Bertz CT molecular complexity index is 705. The number of benzene rings is 1. The van der Waals surface area contributed by atoms with Crippen molar-refractivity contribution in [3.05, 3.63) is 41.5 Å². The van der Waals surface area contributed by atoms with Crippen LogP contribution in [0.25, 0.3) is 10.2 Å². The number of aryl methyl sites for hydroxylation is 1. The molecule has 0 atom stereocenters. The van der Waals surface area contributed by atoms with Gasteiger partial charge in [0.25, 0.3) is 0 Å². The van der Waals surface area contributed by atoms with Crippen molar-refractivity contribution < 1.29 is 0 Å². The molecule has 18 heavy (non-hydrogen) atoms. The fourth-order valence-electron chi connectivity index (χ4n) is 1.74. The summed E-state index contributed by atoms with van der Waals surface area (Å²) in [5, 5.41) is 3.24. The maximum atomic E-state index is 5.90. The lowest BCUT2D eigenvalue weighted by molar-refractivity contribution is 1.20. The number of pyridine rings is 1. The van der Waals surface area contributed by atoms with Gasteiger partial charge < -0.3 is 11.1 Å². The van der Waals surface area contributed by atoms with E-state index in [0.717, 1.165) is 21.6 Å². The molecule has 90 valence electrons. The third-order valence-electron chi connectivity index (χ3n) is 2.66. The highest BCUT2D eigenvalue weighted by molar-refractivity contribution is 7.16. The lowest BCUT2D eigenvalue weighted by Crippen LogP contribution is -1.99. The van der Waals surface area contributed by atoms with Gasteiger partial charge in [-0.05, 0) is 37.3 Å². The van der Waals surface area contributed by atoms with Gasteiger partial charge in [0.2, 0.25) is 0 Å². The van der Waals surface area contributed by atoms with Crippen LogP contribution in [0.1, 0.15) is 5.69 Å². The number of hydrogen-bond donors (Lipinski definition) is 2. The molecule has 5 heteroatoms. The fraction of sp³-hybridized carbons (Fsp3) is 0.0769. The maximum Gasteiger partial charge on any atom is 0.153 e. The number of fused-ring (bicyclic) bond motifs is 1. The molecule has 3 aromatic rings. The van der Waals surface area contributed by atoms with Crippen LogP contribution in [0.5, 0.6) is 0 Å². The Hall–Kier alpha value is -2.14. The molecule has 0 aliphatic carbocycles. The van der Waals surface area contributed by atoms with Gasteiger partial charge >= 0.3 is 0 Å². The third kappa shape index (κ3) is 2.00. The lowest BCUT2D eigenvalue weighted by Gasteiger charge is -2.08. The summed E-state index contributed by atoms with van der Waals surface area (Å²) in [5.41, 5.74) is 11.3. The Morgan fingerprint density at radius 1 is 1.22 bits per heavy atom. The molecule has 0 unspecified atom stereocenters. The minimum absolute atomic E-state index is 0.644. The van der Waals surface area contributed by atoms with Gasteiger partial charge in [-0.3, -0.25) is 0 Å². The number of nitrogens with two attached hydrogens (primary N) is 1. The molecule has 0 aliphatic rings. The van der Waals surface area contributed by atoms with Crippen molar-refractivity contribution in [3.8, 4) is 0 Å². The zero-order valence-corrected chi connectivity index (χ0v) is 10.7. The van der Waals surface area contributed by atoms with Crippen LogP contribution in [-0.2, 0) is 0 Å². The molecule has 0 amide bonds. The van der Waals surface area contributed by atoms with Crippen molar-refractivity contribution in [3.63, 3.8) is 0 Å². The molecule has 2 heterocycles. The zero-order valence-electron chi connectivity index (χ0n) is 9.84. The first-order valence-electron chi connectivity index (χ1n) is 5.56. The van der Waals surface area contributed by atoms with Crippen LogP contribution in [0, 0.1) is 6.92 Å². The number of nitrogens with one attached hydrogen (secondary N) is 1. The summed E-state index contributed by atoms with van der Waals surface area (Å²) in [5.74, 6) is 0.693. The molecule has 3 N–H and O–H groups in total. The first-order chi connectivity index (χ1) is 8.72. The van der Waals surface area contributed by atoms with E-state index in [4.69, 9.17) is 5.73 Å². The highest BCUT2D eigenvalue weighted by atomic mass is 32.1. The van der Waals surface area contributed by atoms with E-state index in [1.165, 1.54) is 0 Å². The average Bonchev–Trinajstić information content (AvgIpc) is 2.81. The van der Waals surface area contributed by atoms with E-state index in [1.54, 1.807) is 11.3 Å². The Kier molecular flexibility index (Phi) is 2.60. The van der Waals surface area contributed by atoms with Gasteiger partial charge in [-0.1, -0.05) is 0 Å². The van der Waals surface area contributed by atoms with E-state index in [9.17, 15) is 0 Å². The highest BCUT2D eigenvalue weighted by Crippen LogP contribution is 2.25. The summed E-state index contributed by atoms with van der Waals surface area (Å²) in [6.45, 7) is 1.94. The SMILES string of the molecule is Cc1ccc(N)c(Nc2ccc3ncsc3c2)n1. The number of nitrogen functional groups attached to an aromatic ring is 1. The number of rotatable bonds is 2. The van der Waals surface area contributed by atoms with Crippen molar-refractivity contribution in [2.24, 2.45) is 0 Å². The first kappa shape index (κ1) is 11.0. The summed E-state index contributed by atoms with van der Waals surface area (Å²) >= 11 is 1.62. The molecule has 4 nitrogen and oxygen atoms in total. The Balaban J connectivity index is 1.97. The van der Waals surface area contributed by atoms with Gasteiger partial charge in [-0.2, -0.15) is 0 Å². The van der Waals surface area contributed by atoms with Gasteiger partial charge in [0.15, 0.2) is 5.82 Å². The van der Waals surface area contributed by atoms with Crippen molar-refractivity contribution in [2.75, 3.05) is 11.1 Å². The minimum Gasteiger partial charge on any atom is -0.396 e. The second kappa shape index (κ2) is 4.27. The fourth-order valence-corrected chi connectivity index (χ4v) is 2.45. The molecule has 0 radical (unpaired) electrons. The smallest absolute Gasteiger partial charge is 0.153 e. The highest BCUT2D eigenvalue weighted by Gasteiger charge is 2.03. The normalized spacial score (nSPS) is 10.7. The van der Waals surface area contributed by atoms with Crippen LogP contribution in [-0.4, -0.2) is 9.97 Å². The van der Waals surface area contributed by atoms with Gasteiger partial charge in [0.1, 0.15) is 0 Å². The Labute approximate surface area is 109 Å². The van der Waals surface area contributed by atoms with E-state index < -0.39 is 0 Å². The summed E-state index contributed by atoms with van der Waals surface area (Å²) < 4.78 is 1.14. The predicted molar refractivity (Wildman–Crippen MR) is 76.3 cm³/mol. The van der Waals surface area contributed by atoms with Crippen LogP contribution < -0.4 is 11.1 Å². The van der Waals surface area contributed by atoms with Crippen molar-refractivity contribution in [2.45, 2.75) is 6.92 Å². The number of thiazole rings is 1. The van der Waals surface area contributed by atoms with Gasteiger partial charge in [-0.15, -0.1) is 11.3 Å². The molecule has 0 aliphatic heterocycles. The third-order valence-corrected chi connectivity index (χ3v) is 3.45. The first-order valence-corrected chi connectivity index (χ1v) is 6.44. The van der Waals surface area contributed by atoms with Crippen LogP contribution >= 0.6 is 11.3 Å². The zero-order chi connectivity index (χ0) is 12.5. The summed E-state index contributed by atoms with van der Waals surface area (Å²) in [4.78, 5) is 8.64. The Morgan fingerprint density at radius 2 is 2.11 bits per heavy atom. The summed E-state index contributed by atoms with van der Waals surface area (Å²) in [6.07, 6.45) is 0. The largest absolute Gasteiger partial charge is 0.396 e. The molecule has 0 spiro atoms. The average molecular weight is 256 g/mol. The topological polar surface area (TPSA) is 63.8 Å². The van der Waals surface area contributed by atoms with E-state index in [2.05, 4.69) is 21.4 Å². The number of nitrogens with zero attached hydrogens (tertiary/aromatic N) is 2. The number of hydrogen-bond acceptors (Lipinski definition) is 5. The maximum absolute atomic E-state index is 5.90. The molecule has 0 saturated carbocycles. The minimum atomic E-state index is 0.644. The molecule has 0 bridgehead atoms. The second-order valence-electron chi connectivity index (χ2n) is 4.05. The van der Waals surface area contributed by atoms with E-state index >= 15 is 0 Å². The standard InChI is InChI=1S/C13H12N4S/c1-8-2-4-10(14)13(16-8)17-9-3-5-11-12(6-9)18-7-15-11/h2-7H,14H2,1H3,(H,16,17). The second-order valence-corrected chi connectivity index (χ2v) is 4.94. The van der Waals surface area contributed by atoms with Gasteiger partial charge in [-0.25, -0.2) is 9.97 Å². The molecule has 0 fully saturated rings. The van der Waals surface area contributed by atoms with Crippen molar-refractivity contribution >= 4 is 38.7 Å². The summed E-state index contributed by atoms with van der Waals surface area (Å²) in [7, 11) is 0. The summed E-state index contributed by atoms with van der Waals surface area (Å²) in [6, 6.07) is 9.77. The van der Waals surface area contributed by atoms with E-state index in [1.807, 2.05) is 36.7 Å².